The van der Waals surface area contributed by atoms with Crippen molar-refractivity contribution in [2.45, 2.75) is 19.8 Å². The molecule has 2 nitrogen and oxygen atoms in total. The first-order valence-corrected chi connectivity index (χ1v) is 6.35. The molecule has 16 heavy (non-hydrogen) atoms. The maximum Gasteiger partial charge on any atom is 0.120 e. The number of hydrogen-bond acceptors (Lipinski definition) is 2. The Kier molecular flexibility index (Phi) is 3.01. The van der Waals surface area contributed by atoms with Gasteiger partial charge in [-0.25, -0.2) is 0 Å². The number of halogens is 1. The third-order valence-electron chi connectivity index (χ3n) is 3.85. The molecule has 2 atom stereocenters. The van der Waals surface area contributed by atoms with Crippen molar-refractivity contribution in [1.82, 2.24) is 0 Å². The summed E-state index contributed by atoms with van der Waals surface area (Å²) in [6.07, 6.45) is 0. The average Bonchev–Trinajstić information content (AvgIpc) is 2.80. The minimum atomic E-state index is 0.325. The molecule has 1 aromatic carbocycles. The monoisotopic (exact) mass is 283 g/mol. The van der Waals surface area contributed by atoms with Crippen molar-refractivity contribution in [3.8, 4) is 5.75 Å². The smallest absolute Gasteiger partial charge is 0.120 e. The van der Waals surface area contributed by atoms with E-state index in [2.05, 4.69) is 35.8 Å². The molecule has 0 aliphatic heterocycles. The molecule has 2 rings (SSSR count). The van der Waals surface area contributed by atoms with Crippen LogP contribution in [-0.4, -0.2) is 13.7 Å². The van der Waals surface area contributed by atoms with Crippen LogP contribution < -0.4 is 10.5 Å². The van der Waals surface area contributed by atoms with E-state index in [1.165, 1.54) is 5.56 Å². The summed E-state index contributed by atoms with van der Waals surface area (Å²) in [5.74, 6) is 2.05. The highest BCUT2D eigenvalue weighted by Crippen LogP contribution is 2.64. The topological polar surface area (TPSA) is 35.2 Å². The fraction of sp³-hybridized carbons (Fsp3) is 0.538. The number of nitrogens with two attached hydrogens (primary N) is 1. The summed E-state index contributed by atoms with van der Waals surface area (Å²) in [6, 6.07) is 6.18. The number of rotatable bonds is 3. The van der Waals surface area contributed by atoms with Gasteiger partial charge < -0.3 is 10.5 Å². The Labute approximate surface area is 105 Å². The van der Waals surface area contributed by atoms with Crippen LogP contribution in [0, 0.1) is 11.3 Å². The summed E-state index contributed by atoms with van der Waals surface area (Å²) in [5, 5.41) is 0. The van der Waals surface area contributed by atoms with Gasteiger partial charge in [0.05, 0.1) is 7.11 Å². The van der Waals surface area contributed by atoms with Gasteiger partial charge in [0.2, 0.25) is 0 Å². The van der Waals surface area contributed by atoms with Gasteiger partial charge in [-0.3, -0.25) is 0 Å². The first kappa shape index (κ1) is 11.9. The van der Waals surface area contributed by atoms with E-state index in [-0.39, 0.29) is 0 Å². The highest BCUT2D eigenvalue weighted by atomic mass is 79.9. The van der Waals surface area contributed by atoms with Crippen molar-refractivity contribution in [2.75, 3.05) is 13.7 Å². The maximum absolute atomic E-state index is 5.80. The Hall–Kier alpha value is -0.540. The number of methoxy groups -OCH3 is 1. The zero-order valence-corrected chi connectivity index (χ0v) is 11.5. The molecule has 1 aromatic rings. The Bertz CT molecular complexity index is 403. The summed E-state index contributed by atoms with van der Waals surface area (Å²) in [6.45, 7) is 5.33. The van der Waals surface area contributed by atoms with Gasteiger partial charge in [0.1, 0.15) is 5.75 Å². The van der Waals surface area contributed by atoms with E-state index in [4.69, 9.17) is 10.5 Å². The first-order chi connectivity index (χ1) is 7.52. The van der Waals surface area contributed by atoms with Crippen molar-refractivity contribution in [3.63, 3.8) is 0 Å². The summed E-state index contributed by atoms with van der Waals surface area (Å²) >= 11 is 3.62. The van der Waals surface area contributed by atoms with Crippen molar-refractivity contribution >= 4 is 15.9 Å². The predicted octanol–water partition coefficient (Wildman–Crippen LogP) is 3.16. The van der Waals surface area contributed by atoms with Gasteiger partial charge in [0.25, 0.3) is 0 Å². The van der Waals surface area contributed by atoms with Crippen LogP contribution >= 0.6 is 15.9 Å². The molecule has 1 aliphatic rings. The summed E-state index contributed by atoms with van der Waals surface area (Å²) < 4.78 is 6.33. The number of hydrogen-bond donors (Lipinski definition) is 1. The summed E-state index contributed by atoms with van der Waals surface area (Å²) in [7, 11) is 1.69. The van der Waals surface area contributed by atoms with Gasteiger partial charge in [0, 0.05) is 4.47 Å². The van der Waals surface area contributed by atoms with Crippen molar-refractivity contribution in [1.29, 1.82) is 0 Å². The van der Waals surface area contributed by atoms with E-state index < -0.39 is 0 Å². The van der Waals surface area contributed by atoms with Crippen molar-refractivity contribution < 1.29 is 4.74 Å². The zero-order chi connectivity index (χ0) is 11.9. The van der Waals surface area contributed by atoms with Crippen molar-refractivity contribution in [2.24, 2.45) is 17.1 Å². The van der Waals surface area contributed by atoms with E-state index in [0.717, 1.165) is 16.8 Å². The lowest BCUT2D eigenvalue weighted by atomic mass is 10.0. The van der Waals surface area contributed by atoms with Gasteiger partial charge in [-0.2, -0.15) is 0 Å². The molecule has 0 bridgehead atoms. The molecule has 0 unspecified atom stereocenters. The molecule has 0 aromatic heterocycles. The van der Waals surface area contributed by atoms with Crippen molar-refractivity contribution in [3.05, 3.63) is 28.2 Å². The highest BCUT2D eigenvalue weighted by molar-refractivity contribution is 9.10. The quantitative estimate of drug-likeness (QED) is 0.925. The second-order valence-corrected chi connectivity index (χ2v) is 5.88. The molecular weight excluding hydrogens is 266 g/mol. The standard InChI is InChI=1S/C13H18BrNO/c1-13(2)10(7-15)12(13)9-5-4-8(16-3)6-11(9)14/h4-6,10,12H,7,15H2,1-3H3/t10-,12-/m0/s1. The molecule has 0 radical (unpaired) electrons. The molecule has 1 aliphatic carbocycles. The fourth-order valence-corrected chi connectivity index (χ4v) is 3.29. The van der Waals surface area contributed by atoms with E-state index in [0.29, 0.717) is 17.3 Å². The van der Waals surface area contributed by atoms with Crippen LogP contribution in [0.1, 0.15) is 25.3 Å². The fourth-order valence-electron chi connectivity index (χ4n) is 2.69. The average molecular weight is 284 g/mol. The molecule has 1 fully saturated rings. The molecular formula is C13H18BrNO. The van der Waals surface area contributed by atoms with Crippen LogP contribution in [0.2, 0.25) is 0 Å². The van der Waals surface area contributed by atoms with Gasteiger partial charge in [0.15, 0.2) is 0 Å². The second kappa shape index (κ2) is 4.04. The van der Waals surface area contributed by atoms with Gasteiger partial charge in [-0.15, -0.1) is 0 Å². The Morgan fingerprint density at radius 1 is 1.44 bits per heavy atom. The van der Waals surface area contributed by atoms with Gasteiger partial charge in [-0.05, 0) is 41.5 Å². The minimum absolute atomic E-state index is 0.325. The minimum Gasteiger partial charge on any atom is -0.497 e. The Morgan fingerprint density at radius 3 is 2.56 bits per heavy atom. The summed E-state index contributed by atoms with van der Waals surface area (Å²) in [5.41, 5.74) is 7.48. The van der Waals surface area contributed by atoms with Crippen LogP contribution in [0.4, 0.5) is 0 Å². The van der Waals surface area contributed by atoms with Crippen LogP contribution in [0.25, 0.3) is 0 Å². The predicted molar refractivity (Wildman–Crippen MR) is 69.8 cm³/mol. The number of benzene rings is 1. The SMILES string of the molecule is COc1ccc([C@H]2[C@H](CN)C2(C)C)c(Br)c1. The van der Waals surface area contributed by atoms with E-state index in [1.54, 1.807) is 7.11 Å². The normalized spacial score (nSPS) is 26.6. The molecule has 0 saturated heterocycles. The third-order valence-corrected chi connectivity index (χ3v) is 4.53. The molecule has 0 amide bonds. The van der Waals surface area contributed by atoms with Crippen LogP contribution in [0.15, 0.2) is 22.7 Å². The number of ether oxygens (including phenoxy) is 1. The highest BCUT2D eigenvalue weighted by Gasteiger charge is 2.57. The lowest BCUT2D eigenvalue weighted by Crippen LogP contribution is -2.05. The molecule has 2 N–H and O–H groups in total. The Balaban J connectivity index is 2.30. The molecule has 88 valence electrons. The van der Waals surface area contributed by atoms with E-state index in [9.17, 15) is 0 Å². The molecule has 3 heteroatoms. The van der Waals surface area contributed by atoms with Crippen LogP contribution in [-0.2, 0) is 0 Å². The van der Waals surface area contributed by atoms with Gasteiger partial charge in [-0.1, -0.05) is 35.8 Å². The van der Waals surface area contributed by atoms with Gasteiger partial charge >= 0.3 is 0 Å². The second-order valence-electron chi connectivity index (χ2n) is 5.03. The van der Waals surface area contributed by atoms with E-state index in [1.807, 2.05) is 12.1 Å². The zero-order valence-electron chi connectivity index (χ0n) is 9.96. The molecule has 0 heterocycles. The maximum atomic E-state index is 5.80. The van der Waals surface area contributed by atoms with Crippen LogP contribution in [0.5, 0.6) is 5.75 Å². The largest absolute Gasteiger partial charge is 0.497 e. The molecule has 1 saturated carbocycles. The van der Waals surface area contributed by atoms with Crippen LogP contribution in [0.3, 0.4) is 0 Å². The summed E-state index contributed by atoms with van der Waals surface area (Å²) in [4.78, 5) is 0. The lowest BCUT2D eigenvalue weighted by molar-refractivity contribution is 0.414. The first-order valence-electron chi connectivity index (χ1n) is 5.56. The Morgan fingerprint density at radius 2 is 2.12 bits per heavy atom. The third kappa shape index (κ3) is 1.76. The molecule has 0 spiro atoms. The van der Waals surface area contributed by atoms with E-state index >= 15 is 0 Å². The lowest BCUT2D eigenvalue weighted by Gasteiger charge is -2.08.